The molecule has 3 aromatic rings. The first-order valence-corrected chi connectivity index (χ1v) is 12.4. The first kappa shape index (κ1) is 25.5. The highest BCUT2D eigenvalue weighted by Gasteiger charge is 2.23. The van der Waals surface area contributed by atoms with Crippen molar-refractivity contribution in [1.29, 1.82) is 0 Å². The molecule has 2 aromatic carbocycles. The van der Waals surface area contributed by atoms with Crippen LogP contribution in [0.4, 0.5) is 4.79 Å². The van der Waals surface area contributed by atoms with E-state index in [4.69, 9.17) is 9.15 Å². The number of hydrogen-bond donors (Lipinski definition) is 1. The van der Waals surface area contributed by atoms with Crippen molar-refractivity contribution in [2.45, 2.75) is 19.6 Å². The van der Waals surface area contributed by atoms with Gasteiger partial charge in [-0.2, -0.15) is 0 Å². The molecule has 2 heterocycles. The van der Waals surface area contributed by atoms with E-state index in [9.17, 15) is 9.59 Å². The summed E-state index contributed by atoms with van der Waals surface area (Å²) in [6.07, 6.45) is 1.60. The molecule has 0 radical (unpaired) electrons. The van der Waals surface area contributed by atoms with Crippen molar-refractivity contribution in [3.05, 3.63) is 95.9 Å². The summed E-state index contributed by atoms with van der Waals surface area (Å²) in [6.45, 7) is 5.32. The molecule has 1 aliphatic heterocycles. The molecule has 0 saturated carbocycles. The van der Waals surface area contributed by atoms with Gasteiger partial charge in [-0.25, -0.2) is 4.79 Å². The lowest BCUT2D eigenvalue weighted by Gasteiger charge is -2.31. The van der Waals surface area contributed by atoms with Gasteiger partial charge in [0.1, 0.15) is 12.3 Å². The maximum atomic E-state index is 13.5. The lowest BCUT2D eigenvalue weighted by Crippen LogP contribution is -2.49. The smallest absolute Gasteiger partial charge is 0.318 e. The minimum absolute atomic E-state index is 0.0154. The van der Waals surface area contributed by atoms with Gasteiger partial charge in [0, 0.05) is 39.3 Å². The third kappa shape index (κ3) is 7.96. The molecule has 0 atom stereocenters. The van der Waals surface area contributed by atoms with Crippen molar-refractivity contribution >= 4 is 11.9 Å². The topological polar surface area (TPSA) is 78.3 Å². The zero-order chi connectivity index (χ0) is 25.0. The number of carbonyl (C=O) groups is 2. The van der Waals surface area contributed by atoms with Crippen molar-refractivity contribution < 1.29 is 18.7 Å². The highest BCUT2D eigenvalue weighted by molar-refractivity contribution is 5.84. The number of hydrogen-bond acceptors (Lipinski definition) is 5. The van der Waals surface area contributed by atoms with Crippen LogP contribution in [0.3, 0.4) is 0 Å². The Morgan fingerprint density at radius 3 is 2.19 bits per heavy atom. The predicted molar refractivity (Wildman–Crippen MR) is 137 cm³/mol. The molecule has 1 fully saturated rings. The van der Waals surface area contributed by atoms with Crippen molar-refractivity contribution in [1.82, 2.24) is 20.0 Å². The van der Waals surface area contributed by atoms with E-state index in [0.29, 0.717) is 51.7 Å². The number of carbonyl (C=O) groups excluding carboxylic acids is 2. The summed E-state index contributed by atoms with van der Waals surface area (Å²) in [6, 6.07) is 23.0. The quantitative estimate of drug-likeness (QED) is 0.446. The summed E-state index contributed by atoms with van der Waals surface area (Å²) in [4.78, 5) is 32.4. The number of amides is 3. The van der Waals surface area contributed by atoms with Gasteiger partial charge in [-0.1, -0.05) is 60.7 Å². The van der Waals surface area contributed by atoms with Crippen molar-refractivity contribution in [3.8, 4) is 0 Å². The van der Waals surface area contributed by atoms with Crippen LogP contribution in [0.1, 0.15) is 16.9 Å². The zero-order valence-electron chi connectivity index (χ0n) is 20.6. The Balaban J connectivity index is 1.44. The molecule has 4 rings (SSSR count). The summed E-state index contributed by atoms with van der Waals surface area (Å²) in [5, 5.41) is 2.98. The molecule has 0 bridgehead atoms. The van der Waals surface area contributed by atoms with Crippen LogP contribution in [0.5, 0.6) is 0 Å². The van der Waals surface area contributed by atoms with E-state index in [1.807, 2.05) is 72.8 Å². The fraction of sp³-hybridized carbons (Fsp3) is 0.357. The zero-order valence-corrected chi connectivity index (χ0v) is 20.6. The summed E-state index contributed by atoms with van der Waals surface area (Å²) in [5.74, 6) is 0.569. The van der Waals surface area contributed by atoms with Crippen LogP contribution in [0.15, 0.2) is 83.5 Å². The fourth-order valence-electron chi connectivity index (χ4n) is 4.11. The van der Waals surface area contributed by atoms with Crippen LogP contribution < -0.4 is 5.32 Å². The van der Waals surface area contributed by atoms with E-state index in [1.165, 1.54) is 0 Å². The molecule has 1 N–H and O–H groups in total. The molecular formula is C28H34N4O4. The van der Waals surface area contributed by atoms with Gasteiger partial charge in [0.25, 0.3) is 0 Å². The predicted octanol–water partition coefficient (Wildman–Crippen LogP) is 3.35. The average molecular weight is 491 g/mol. The normalized spacial score (nSPS) is 13.8. The van der Waals surface area contributed by atoms with Crippen molar-refractivity contribution in [3.63, 3.8) is 0 Å². The molecule has 1 saturated heterocycles. The van der Waals surface area contributed by atoms with Gasteiger partial charge in [0.15, 0.2) is 0 Å². The summed E-state index contributed by atoms with van der Waals surface area (Å²) < 4.78 is 11.0. The van der Waals surface area contributed by atoms with E-state index in [-0.39, 0.29) is 18.5 Å². The van der Waals surface area contributed by atoms with Crippen LogP contribution in [-0.4, -0.2) is 72.6 Å². The average Bonchev–Trinajstić information content (AvgIpc) is 3.44. The van der Waals surface area contributed by atoms with E-state index in [1.54, 1.807) is 16.1 Å². The van der Waals surface area contributed by atoms with Crippen LogP contribution in [0, 0.1) is 0 Å². The maximum absolute atomic E-state index is 13.5. The van der Waals surface area contributed by atoms with Gasteiger partial charge >= 0.3 is 6.03 Å². The summed E-state index contributed by atoms with van der Waals surface area (Å²) >= 11 is 0. The Labute approximate surface area is 212 Å². The second-order valence-electron chi connectivity index (χ2n) is 8.83. The number of nitrogens with zero attached hydrogens (tertiary/aromatic N) is 3. The monoisotopic (exact) mass is 490 g/mol. The summed E-state index contributed by atoms with van der Waals surface area (Å²) in [7, 11) is 0. The van der Waals surface area contributed by atoms with Gasteiger partial charge < -0.3 is 24.3 Å². The van der Waals surface area contributed by atoms with Crippen LogP contribution in [0.2, 0.25) is 0 Å². The van der Waals surface area contributed by atoms with E-state index in [2.05, 4.69) is 10.2 Å². The minimum atomic E-state index is -0.252. The Bertz CT molecular complexity index is 1050. The Hall–Kier alpha value is -3.62. The Kier molecular flexibility index (Phi) is 9.53. The summed E-state index contributed by atoms with van der Waals surface area (Å²) in [5.41, 5.74) is 2.03. The Morgan fingerprint density at radius 2 is 1.53 bits per heavy atom. The van der Waals surface area contributed by atoms with Crippen LogP contribution in [0.25, 0.3) is 0 Å². The molecule has 8 nitrogen and oxygen atoms in total. The van der Waals surface area contributed by atoms with E-state index >= 15 is 0 Å². The van der Waals surface area contributed by atoms with Crippen LogP contribution in [-0.2, 0) is 29.2 Å². The molecule has 0 spiro atoms. The maximum Gasteiger partial charge on any atom is 0.318 e. The minimum Gasteiger partial charge on any atom is -0.467 e. The number of furan rings is 1. The number of benzene rings is 2. The molecule has 0 aliphatic carbocycles. The fourth-order valence-corrected chi connectivity index (χ4v) is 4.11. The molecule has 190 valence electrons. The molecule has 0 unspecified atom stereocenters. The molecule has 1 aromatic heterocycles. The highest BCUT2D eigenvalue weighted by atomic mass is 16.5. The van der Waals surface area contributed by atoms with Crippen molar-refractivity contribution in [2.24, 2.45) is 0 Å². The first-order chi connectivity index (χ1) is 17.7. The number of urea groups is 1. The molecule has 36 heavy (non-hydrogen) atoms. The van der Waals surface area contributed by atoms with Gasteiger partial charge in [-0.05, 0) is 23.3 Å². The van der Waals surface area contributed by atoms with Crippen molar-refractivity contribution in [2.75, 3.05) is 45.9 Å². The van der Waals surface area contributed by atoms with Gasteiger partial charge in [0.05, 0.1) is 26.0 Å². The standard InChI is InChI=1S/C28H34N4O4/c33-27(32(22-26-12-7-17-36-26)21-25-10-5-2-6-11-25)23-31(14-13-30-15-18-35-19-16-30)28(34)29-20-24-8-3-1-4-9-24/h1-12,17H,13-16,18-23H2,(H,29,34). The number of rotatable bonds is 11. The lowest BCUT2D eigenvalue weighted by atomic mass is 10.2. The number of morpholine rings is 1. The van der Waals surface area contributed by atoms with E-state index in [0.717, 1.165) is 24.2 Å². The number of ether oxygens (including phenoxy) is 1. The molecule has 8 heteroatoms. The molecular weight excluding hydrogens is 456 g/mol. The third-order valence-electron chi connectivity index (χ3n) is 6.19. The second kappa shape index (κ2) is 13.5. The Morgan fingerprint density at radius 1 is 0.833 bits per heavy atom. The third-order valence-corrected chi connectivity index (χ3v) is 6.19. The second-order valence-corrected chi connectivity index (χ2v) is 8.83. The largest absolute Gasteiger partial charge is 0.467 e. The SMILES string of the molecule is O=C(CN(CCN1CCOCC1)C(=O)NCc1ccccc1)N(Cc1ccccc1)Cc1ccco1. The highest BCUT2D eigenvalue weighted by Crippen LogP contribution is 2.12. The lowest BCUT2D eigenvalue weighted by molar-refractivity contribution is -0.133. The van der Waals surface area contributed by atoms with E-state index < -0.39 is 0 Å². The van der Waals surface area contributed by atoms with Gasteiger partial charge in [0.2, 0.25) is 5.91 Å². The van der Waals surface area contributed by atoms with Gasteiger partial charge in [-0.15, -0.1) is 0 Å². The molecule has 3 amide bonds. The molecule has 1 aliphatic rings. The number of nitrogens with one attached hydrogen (secondary N) is 1. The van der Waals surface area contributed by atoms with Crippen LogP contribution >= 0.6 is 0 Å². The van der Waals surface area contributed by atoms with Gasteiger partial charge in [-0.3, -0.25) is 9.69 Å². The first-order valence-electron chi connectivity index (χ1n) is 12.4.